The van der Waals surface area contributed by atoms with Crippen LogP contribution < -0.4 is 0 Å². The molecule has 5 heteroatoms. The summed E-state index contributed by atoms with van der Waals surface area (Å²) in [7, 11) is 0. The fourth-order valence-electron chi connectivity index (χ4n) is 2.37. The van der Waals surface area contributed by atoms with Gasteiger partial charge in [0.25, 0.3) is 0 Å². The van der Waals surface area contributed by atoms with E-state index in [0.717, 1.165) is 33.5 Å². The standard InChI is InChI=1S/C15H18BrClN2O/c1-4-19-13(15(17)10(3)18-19)8-14(20)12-6-5-11(16)7-9(12)2/h5-7,14,20H,4,8H2,1-3H3. The Morgan fingerprint density at radius 2 is 2.10 bits per heavy atom. The average Bonchev–Trinajstić information content (AvgIpc) is 2.66. The van der Waals surface area contributed by atoms with E-state index >= 15 is 0 Å². The maximum Gasteiger partial charge on any atom is 0.0848 e. The zero-order valence-corrected chi connectivity index (χ0v) is 14.2. The van der Waals surface area contributed by atoms with Crippen molar-refractivity contribution in [2.75, 3.05) is 0 Å². The van der Waals surface area contributed by atoms with Crippen molar-refractivity contribution in [1.29, 1.82) is 0 Å². The molecule has 0 aliphatic carbocycles. The number of rotatable bonds is 4. The predicted octanol–water partition coefficient (Wildman–Crippen LogP) is 4.21. The van der Waals surface area contributed by atoms with Gasteiger partial charge >= 0.3 is 0 Å². The van der Waals surface area contributed by atoms with Crippen LogP contribution in [0.5, 0.6) is 0 Å². The zero-order chi connectivity index (χ0) is 14.9. The molecule has 0 radical (unpaired) electrons. The predicted molar refractivity (Wildman–Crippen MR) is 85.2 cm³/mol. The van der Waals surface area contributed by atoms with Gasteiger partial charge in [0.05, 0.1) is 22.5 Å². The van der Waals surface area contributed by atoms with Crippen LogP contribution in [0.3, 0.4) is 0 Å². The Balaban J connectivity index is 2.30. The minimum Gasteiger partial charge on any atom is -0.388 e. The summed E-state index contributed by atoms with van der Waals surface area (Å²) in [5, 5.41) is 15.5. The molecule has 1 N–H and O–H groups in total. The molecule has 0 aliphatic heterocycles. The van der Waals surface area contributed by atoms with Gasteiger partial charge in [-0.2, -0.15) is 5.10 Å². The van der Waals surface area contributed by atoms with Gasteiger partial charge in [0.2, 0.25) is 0 Å². The summed E-state index contributed by atoms with van der Waals surface area (Å²) in [5.41, 5.74) is 3.68. The van der Waals surface area contributed by atoms with Gasteiger partial charge in [-0.05, 0) is 44.0 Å². The lowest BCUT2D eigenvalue weighted by atomic mass is 10.00. The molecule has 0 aliphatic rings. The molecule has 1 heterocycles. The lowest BCUT2D eigenvalue weighted by Crippen LogP contribution is -2.09. The lowest BCUT2D eigenvalue weighted by Gasteiger charge is -2.15. The van der Waals surface area contributed by atoms with Crippen molar-refractivity contribution in [3.05, 3.63) is 50.2 Å². The second kappa shape index (κ2) is 6.29. The number of aliphatic hydroxyl groups excluding tert-OH is 1. The molecule has 0 spiro atoms. The number of aliphatic hydroxyl groups is 1. The summed E-state index contributed by atoms with van der Waals surface area (Å²) < 4.78 is 2.87. The highest BCUT2D eigenvalue weighted by atomic mass is 79.9. The fourth-order valence-corrected chi connectivity index (χ4v) is 3.06. The van der Waals surface area contributed by atoms with Crippen LogP contribution in [0.25, 0.3) is 0 Å². The number of aryl methyl sites for hydroxylation is 3. The molecule has 0 saturated carbocycles. The Morgan fingerprint density at radius 1 is 1.40 bits per heavy atom. The lowest BCUT2D eigenvalue weighted by molar-refractivity contribution is 0.174. The van der Waals surface area contributed by atoms with Crippen molar-refractivity contribution in [1.82, 2.24) is 9.78 Å². The molecule has 0 saturated heterocycles. The van der Waals surface area contributed by atoms with E-state index in [1.165, 1.54) is 0 Å². The molecule has 0 fully saturated rings. The molecule has 2 rings (SSSR count). The summed E-state index contributed by atoms with van der Waals surface area (Å²) >= 11 is 9.72. The van der Waals surface area contributed by atoms with Crippen LogP contribution in [0, 0.1) is 13.8 Å². The Morgan fingerprint density at radius 3 is 2.70 bits per heavy atom. The Bertz CT molecular complexity index is 625. The minimum absolute atomic E-state index is 0.468. The number of hydrogen-bond donors (Lipinski definition) is 1. The number of nitrogens with zero attached hydrogens (tertiary/aromatic N) is 2. The Labute approximate surface area is 132 Å². The minimum atomic E-state index is -0.581. The Hall–Kier alpha value is -0.840. The fraction of sp³-hybridized carbons (Fsp3) is 0.400. The van der Waals surface area contributed by atoms with E-state index in [9.17, 15) is 5.11 Å². The van der Waals surface area contributed by atoms with Crippen LogP contribution in [0.4, 0.5) is 0 Å². The van der Waals surface area contributed by atoms with Crippen LogP contribution >= 0.6 is 27.5 Å². The van der Waals surface area contributed by atoms with E-state index in [1.54, 1.807) is 0 Å². The monoisotopic (exact) mass is 356 g/mol. The van der Waals surface area contributed by atoms with E-state index in [2.05, 4.69) is 21.0 Å². The third-order valence-corrected chi connectivity index (χ3v) is 4.42. The van der Waals surface area contributed by atoms with Gasteiger partial charge in [-0.25, -0.2) is 0 Å². The number of benzene rings is 1. The molecule has 1 atom stereocenters. The zero-order valence-electron chi connectivity index (χ0n) is 11.8. The van der Waals surface area contributed by atoms with Crippen molar-refractivity contribution in [2.45, 2.75) is 39.8 Å². The van der Waals surface area contributed by atoms with E-state index in [4.69, 9.17) is 11.6 Å². The smallest absolute Gasteiger partial charge is 0.0848 e. The molecule has 1 aromatic heterocycles. The second-order valence-electron chi connectivity index (χ2n) is 4.88. The Kier molecular flexibility index (Phi) is 4.89. The number of halogens is 2. The summed E-state index contributed by atoms with van der Waals surface area (Å²) in [6, 6.07) is 5.88. The van der Waals surface area contributed by atoms with Crippen LogP contribution in [-0.4, -0.2) is 14.9 Å². The van der Waals surface area contributed by atoms with Crippen molar-refractivity contribution < 1.29 is 5.11 Å². The highest BCUT2D eigenvalue weighted by Crippen LogP contribution is 2.28. The van der Waals surface area contributed by atoms with Crippen molar-refractivity contribution in [3.63, 3.8) is 0 Å². The summed E-state index contributed by atoms with van der Waals surface area (Å²) in [6.07, 6.45) is -0.113. The van der Waals surface area contributed by atoms with Crippen molar-refractivity contribution in [2.24, 2.45) is 0 Å². The van der Waals surface area contributed by atoms with Crippen molar-refractivity contribution in [3.8, 4) is 0 Å². The first-order valence-corrected chi connectivity index (χ1v) is 7.77. The molecular formula is C15H18BrClN2O. The first kappa shape index (κ1) is 15.5. The molecule has 20 heavy (non-hydrogen) atoms. The maximum absolute atomic E-state index is 10.5. The van der Waals surface area contributed by atoms with Gasteiger partial charge in [0, 0.05) is 17.4 Å². The molecule has 2 aromatic rings. The van der Waals surface area contributed by atoms with E-state index in [-0.39, 0.29) is 0 Å². The van der Waals surface area contributed by atoms with E-state index in [0.29, 0.717) is 11.4 Å². The van der Waals surface area contributed by atoms with Gasteiger partial charge in [0.15, 0.2) is 0 Å². The maximum atomic E-state index is 10.5. The highest BCUT2D eigenvalue weighted by Gasteiger charge is 2.18. The second-order valence-corrected chi connectivity index (χ2v) is 6.18. The largest absolute Gasteiger partial charge is 0.388 e. The topological polar surface area (TPSA) is 38.0 Å². The molecule has 3 nitrogen and oxygen atoms in total. The van der Waals surface area contributed by atoms with Crippen LogP contribution in [0.1, 0.15) is 35.5 Å². The van der Waals surface area contributed by atoms with Gasteiger partial charge in [0.1, 0.15) is 0 Å². The van der Waals surface area contributed by atoms with Gasteiger partial charge in [-0.1, -0.05) is 33.6 Å². The number of hydrogen-bond acceptors (Lipinski definition) is 2. The SMILES string of the molecule is CCn1nc(C)c(Cl)c1CC(O)c1ccc(Br)cc1C. The first-order chi connectivity index (χ1) is 9.43. The van der Waals surface area contributed by atoms with Crippen LogP contribution in [0.15, 0.2) is 22.7 Å². The normalized spacial score (nSPS) is 12.7. The molecule has 1 aromatic carbocycles. The quantitative estimate of drug-likeness (QED) is 0.890. The third-order valence-electron chi connectivity index (χ3n) is 3.43. The summed E-state index contributed by atoms with van der Waals surface area (Å²) in [6.45, 7) is 6.64. The van der Waals surface area contributed by atoms with Gasteiger partial charge in [-0.15, -0.1) is 0 Å². The van der Waals surface area contributed by atoms with E-state index < -0.39 is 6.10 Å². The molecule has 108 valence electrons. The molecule has 1 unspecified atom stereocenters. The average molecular weight is 358 g/mol. The molecule has 0 amide bonds. The van der Waals surface area contributed by atoms with Crippen LogP contribution in [0.2, 0.25) is 5.02 Å². The number of aromatic nitrogens is 2. The van der Waals surface area contributed by atoms with Gasteiger partial charge in [-0.3, -0.25) is 4.68 Å². The van der Waals surface area contributed by atoms with Crippen LogP contribution in [-0.2, 0) is 13.0 Å². The first-order valence-electron chi connectivity index (χ1n) is 6.60. The van der Waals surface area contributed by atoms with Crippen molar-refractivity contribution >= 4 is 27.5 Å². The third kappa shape index (κ3) is 3.08. The molecular weight excluding hydrogens is 340 g/mol. The summed E-state index contributed by atoms with van der Waals surface area (Å²) in [4.78, 5) is 0. The highest BCUT2D eigenvalue weighted by molar-refractivity contribution is 9.10. The van der Waals surface area contributed by atoms with Gasteiger partial charge < -0.3 is 5.11 Å². The van der Waals surface area contributed by atoms with E-state index in [1.807, 2.05) is 43.7 Å². The molecule has 0 bridgehead atoms. The summed E-state index contributed by atoms with van der Waals surface area (Å²) in [5.74, 6) is 0.